The molecule has 0 fully saturated rings. The zero-order chi connectivity index (χ0) is 16.1. The van der Waals surface area contributed by atoms with Gasteiger partial charge in [-0.15, -0.1) is 0 Å². The molecule has 7 heteroatoms. The van der Waals surface area contributed by atoms with Gasteiger partial charge in [0.05, 0.1) is 31.8 Å². The molecule has 1 unspecified atom stereocenters. The fraction of sp³-hybridized carbons (Fsp3) is 0.500. The van der Waals surface area contributed by atoms with E-state index in [0.29, 0.717) is 25.6 Å². The highest BCUT2D eigenvalue weighted by Crippen LogP contribution is 2.24. The number of aliphatic hydroxyl groups excluding tert-OH is 1. The zero-order valence-corrected chi connectivity index (χ0v) is 13.1. The van der Waals surface area contributed by atoms with Crippen molar-refractivity contribution < 1.29 is 19.0 Å². The predicted octanol–water partition coefficient (Wildman–Crippen LogP) is 1.01. The lowest BCUT2D eigenvalue weighted by Crippen LogP contribution is -2.38. The third kappa shape index (κ3) is 4.07. The van der Waals surface area contributed by atoms with Crippen molar-refractivity contribution in [2.45, 2.75) is 25.7 Å². The van der Waals surface area contributed by atoms with Crippen molar-refractivity contribution in [2.24, 2.45) is 0 Å². The summed E-state index contributed by atoms with van der Waals surface area (Å²) in [6.07, 6.45) is 3.41. The van der Waals surface area contributed by atoms with Crippen molar-refractivity contribution in [3.8, 4) is 5.88 Å². The Labute approximate surface area is 134 Å². The lowest BCUT2D eigenvalue weighted by atomic mass is 10.1. The smallest absolute Gasteiger partial charge is 0.220 e. The fourth-order valence-corrected chi connectivity index (χ4v) is 2.74. The van der Waals surface area contributed by atoms with Gasteiger partial charge in [0.1, 0.15) is 18.7 Å². The molecule has 0 amide bonds. The van der Waals surface area contributed by atoms with E-state index in [-0.39, 0.29) is 6.61 Å². The molecule has 3 heterocycles. The van der Waals surface area contributed by atoms with Gasteiger partial charge in [-0.2, -0.15) is 0 Å². The Balaban J connectivity index is 1.48. The van der Waals surface area contributed by atoms with Crippen LogP contribution in [0.1, 0.15) is 17.0 Å². The van der Waals surface area contributed by atoms with Gasteiger partial charge in [0.25, 0.3) is 0 Å². The summed E-state index contributed by atoms with van der Waals surface area (Å²) in [6.45, 7) is 2.70. The summed E-state index contributed by atoms with van der Waals surface area (Å²) in [7, 11) is 1.61. The first-order chi connectivity index (χ1) is 11.3. The van der Waals surface area contributed by atoms with E-state index in [9.17, 15) is 5.11 Å². The molecule has 0 spiro atoms. The first-order valence-corrected chi connectivity index (χ1v) is 7.63. The van der Waals surface area contributed by atoms with Crippen molar-refractivity contribution in [1.82, 2.24) is 14.9 Å². The van der Waals surface area contributed by atoms with Crippen molar-refractivity contribution in [1.29, 1.82) is 0 Å². The number of nitrogens with zero attached hydrogens (tertiary/aromatic N) is 3. The van der Waals surface area contributed by atoms with E-state index in [0.717, 1.165) is 30.0 Å². The van der Waals surface area contributed by atoms with Gasteiger partial charge >= 0.3 is 0 Å². The summed E-state index contributed by atoms with van der Waals surface area (Å²) in [5.41, 5.74) is 2.03. The number of ether oxygens (including phenoxy) is 2. The molecule has 23 heavy (non-hydrogen) atoms. The van der Waals surface area contributed by atoms with Crippen LogP contribution in [0.25, 0.3) is 0 Å². The number of methoxy groups -OCH3 is 1. The molecular weight excluding hydrogens is 298 g/mol. The minimum atomic E-state index is -0.554. The number of fused-ring (bicyclic) bond motifs is 1. The van der Waals surface area contributed by atoms with Gasteiger partial charge in [-0.3, -0.25) is 4.90 Å². The van der Waals surface area contributed by atoms with Crippen LogP contribution in [0, 0.1) is 0 Å². The average Bonchev–Trinajstić information content (AvgIpc) is 3.07. The molecule has 3 rings (SSSR count). The van der Waals surface area contributed by atoms with Gasteiger partial charge in [0.2, 0.25) is 5.88 Å². The second-order valence-corrected chi connectivity index (χ2v) is 5.54. The maximum atomic E-state index is 10.1. The van der Waals surface area contributed by atoms with Crippen LogP contribution in [0.4, 0.5) is 0 Å². The molecule has 1 atom stereocenters. The first-order valence-electron chi connectivity index (χ1n) is 7.63. The first kappa shape index (κ1) is 15.9. The predicted molar refractivity (Wildman–Crippen MR) is 81.9 cm³/mol. The third-order valence-corrected chi connectivity index (χ3v) is 3.84. The highest BCUT2D eigenvalue weighted by atomic mass is 16.5. The van der Waals surface area contributed by atoms with Crippen LogP contribution in [0.2, 0.25) is 0 Å². The topological polar surface area (TPSA) is 80.9 Å². The van der Waals surface area contributed by atoms with E-state index >= 15 is 0 Å². The minimum absolute atomic E-state index is 0.270. The molecule has 2 aromatic heterocycles. The number of hydrogen-bond acceptors (Lipinski definition) is 7. The number of hydrogen-bond donors (Lipinski definition) is 1. The summed E-state index contributed by atoms with van der Waals surface area (Å²) in [5, 5.41) is 10.1. The van der Waals surface area contributed by atoms with Crippen LogP contribution in [0.3, 0.4) is 0 Å². The van der Waals surface area contributed by atoms with Crippen LogP contribution in [-0.2, 0) is 24.3 Å². The lowest BCUT2D eigenvalue weighted by Gasteiger charge is -2.30. The lowest BCUT2D eigenvalue weighted by molar-refractivity contribution is 0.00285. The highest BCUT2D eigenvalue weighted by molar-refractivity contribution is 5.31. The van der Waals surface area contributed by atoms with Crippen molar-refractivity contribution in [2.75, 3.05) is 26.8 Å². The minimum Gasteiger partial charge on any atom is -0.481 e. The van der Waals surface area contributed by atoms with Gasteiger partial charge in [-0.25, -0.2) is 9.97 Å². The standard InChI is InChI=1S/C16H21N3O4/c1-21-16-14-8-19(5-4-15(14)17-11-18-16)7-12(20)9-22-10-13-3-2-6-23-13/h2-3,6,11-12,20H,4-5,7-10H2,1H3. The van der Waals surface area contributed by atoms with E-state index in [1.807, 2.05) is 12.1 Å². The molecule has 0 saturated carbocycles. The molecule has 0 bridgehead atoms. The van der Waals surface area contributed by atoms with Crippen molar-refractivity contribution >= 4 is 0 Å². The molecule has 0 radical (unpaired) electrons. The summed E-state index contributed by atoms with van der Waals surface area (Å²) in [5.74, 6) is 1.37. The Bertz CT molecular complexity index is 604. The average molecular weight is 319 g/mol. The van der Waals surface area contributed by atoms with Gasteiger partial charge in [-0.05, 0) is 12.1 Å². The number of furan rings is 1. The fourth-order valence-electron chi connectivity index (χ4n) is 2.74. The van der Waals surface area contributed by atoms with E-state index in [1.54, 1.807) is 13.4 Å². The second-order valence-electron chi connectivity index (χ2n) is 5.54. The molecule has 1 N–H and O–H groups in total. The molecule has 0 aromatic carbocycles. The Hall–Kier alpha value is -1.96. The molecule has 124 valence electrons. The van der Waals surface area contributed by atoms with Gasteiger partial charge < -0.3 is 19.0 Å². The van der Waals surface area contributed by atoms with E-state index in [1.165, 1.54) is 6.33 Å². The van der Waals surface area contributed by atoms with Crippen molar-refractivity contribution in [3.05, 3.63) is 41.7 Å². The molecule has 1 aliphatic rings. The van der Waals surface area contributed by atoms with Gasteiger partial charge in [-0.1, -0.05) is 0 Å². The Morgan fingerprint density at radius 1 is 1.43 bits per heavy atom. The third-order valence-electron chi connectivity index (χ3n) is 3.84. The number of aliphatic hydroxyl groups is 1. The van der Waals surface area contributed by atoms with Crippen LogP contribution in [-0.4, -0.2) is 52.9 Å². The quantitative estimate of drug-likeness (QED) is 0.816. The number of rotatable bonds is 7. The molecule has 2 aromatic rings. The number of β-amino-alcohol motifs (C(OH)–C–C–N with tert-alkyl or cyclic N) is 1. The number of aromatic nitrogens is 2. The van der Waals surface area contributed by atoms with E-state index in [4.69, 9.17) is 13.9 Å². The summed E-state index contributed by atoms with van der Waals surface area (Å²) < 4.78 is 16.0. The van der Waals surface area contributed by atoms with E-state index in [2.05, 4.69) is 14.9 Å². The SMILES string of the molecule is COc1ncnc2c1CN(CC(O)COCc1ccco1)CC2. The highest BCUT2D eigenvalue weighted by Gasteiger charge is 2.23. The van der Waals surface area contributed by atoms with Crippen LogP contribution in [0.5, 0.6) is 5.88 Å². The van der Waals surface area contributed by atoms with E-state index < -0.39 is 6.10 Å². The Morgan fingerprint density at radius 3 is 3.13 bits per heavy atom. The molecule has 1 aliphatic heterocycles. The van der Waals surface area contributed by atoms with Crippen LogP contribution < -0.4 is 4.74 Å². The van der Waals surface area contributed by atoms with Gasteiger partial charge in [0, 0.05) is 31.6 Å². The maximum absolute atomic E-state index is 10.1. The summed E-state index contributed by atoms with van der Waals surface area (Å²) in [6, 6.07) is 3.66. The molecule has 7 nitrogen and oxygen atoms in total. The van der Waals surface area contributed by atoms with Gasteiger partial charge in [0.15, 0.2) is 0 Å². The molecule has 0 saturated heterocycles. The summed E-state index contributed by atoms with van der Waals surface area (Å²) >= 11 is 0. The summed E-state index contributed by atoms with van der Waals surface area (Å²) in [4.78, 5) is 10.6. The largest absolute Gasteiger partial charge is 0.481 e. The van der Waals surface area contributed by atoms with Crippen molar-refractivity contribution in [3.63, 3.8) is 0 Å². The Kier molecular flexibility index (Phi) is 5.22. The second kappa shape index (κ2) is 7.54. The Morgan fingerprint density at radius 2 is 2.35 bits per heavy atom. The monoisotopic (exact) mass is 319 g/mol. The molecule has 0 aliphatic carbocycles. The molecular formula is C16H21N3O4. The van der Waals surface area contributed by atoms with Crippen LogP contribution in [0.15, 0.2) is 29.1 Å². The maximum Gasteiger partial charge on any atom is 0.220 e. The zero-order valence-electron chi connectivity index (χ0n) is 13.1. The normalized spacial score (nSPS) is 16.1. The van der Waals surface area contributed by atoms with Crippen LogP contribution >= 0.6 is 0 Å².